The highest BCUT2D eigenvalue weighted by atomic mass is 79.9. The molecule has 106 valence electrons. The first-order chi connectivity index (χ1) is 10.1. The van der Waals surface area contributed by atoms with E-state index in [2.05, 4.69) is 26.6 Å². The Hall–Kier alpha value is -1.98. The number of carbonyl (C=O) groups excluding carboxylic acids is 1. The molecule has 2 N–H and O–H groups in total. The Labute approximate surface area is 137 Å². The molecule has 0 radical (unpaired) electrons. The van der Waals surface area contributed by atoms with Gasteiger partial charge in [-0.05, 0) is 51.9 Å². The molecule has 2 aromatic rings. The maximum atomic E-state index is 11.8. The van der Waals surface area contributed by atoms with Gasteiger partial charge in [-0.25, -0.2) is 0 Å². The third-order valence-corrected chi connectivity index (χ3v) is 3.48. The van der Waals surface area contributed by atoms with Gasteiger partial charge >= 0.3 is 0 Å². The normalized spacial score (nSPS) is 10.3. The van der Waals surface area contributed by atoms with Crippen molar-refractivity contribution in [2.24, 2.45) is 0 Å². The van der Waals surface area contributed by atoms with Crippen molar-refractivity contribution in [3.63, 3.8) is 0 Å². The summed E-state index contributed by atoms with van der Waals surface area (Å²) in [5.74, 6) is -0.275. The van der Waals surface area contributed by atoms with E-state index in [0.717, 1.165) is 15.7 Å². The van der Waals surface area contributed by atoms with E-state index < -0.39 is 0 Å². The van der Waals surface area contributed by atoms with Crippen LogP contribution in [0.2, 0.25) is 0 Å². The number of benzene rings is 2. The van der Waals surface area contributed by atoms with E-state index in [1.54, 1.807) is 6.08 Å². The van der Waals surface area contributed by atoms with Gasteiger partial charge in [0.05, 0.1) is 5.69 Å². The molecule has 0 unspecified atom stereocenters. The van der Waals surface area contributed by atoms with Crippen molar-refractivity contribution in [2.75, 3.05) is 5.32 Å². The summed E-state index contributed by atoms with van der Waals surface area (Å²) in [5, 5.41) is 5.81. The summed E-state index contributed by atoms with van der Waals surface area (Å²) in [6.07, 6.45) is 3.18. The molecule has 3 nitrogen and oxygen atoms in total. The van der Waals surface area contributed by atoms with Crippen molar-refractivity contribution >= 4 is 50.9 Å². The fourth-order valence-electron chi connectivity index (χ4n) is 1.61. The van der Waals surface area contributed by atoms with Crippen molar-refractivity contribution in [3.8, 4) is 0 Å². The van der Waals surface area contributed by atoms with Gasteiger partial charge in [-0.3, -0.25) is 10.1 Å². The molecule has 0 aromatic heterocycles. The minimum absolute atomic E-state index is 0.254. The number of halogens is 1. The van der Waals surface area contributed by atoms with Gasteiger partial charge in [0, 0.05) is 10.5 Å². The number of hydrogen-bond acceptors (Lipinski definition) is 2. The first-order valence-corrected chi connectivity index (χ1v) is 7.45. The Morgan fingerprint density at radius 2 is 1.71 bits per heavy atom. The molecule has 0 aliphatic carbocycles. The second-order valence-corrected chi connectivity index (χ2v) is 5.43. The van der Waals surface area contributed by atoms with Crippen LogP contribution in [0.4, 0.5) is 5.69 Å². The lowest BCUT2D eigenvalue weighted by Gasteiger charge is -2.09. The molecule has 0 atom stereocenters. The molecule has 2 rings (SSSR count). The molecule has 2 aromatic carbocycles. The molecule has 0 aliphatic heterocycles. The molecule has 0 spiro atoms. The van der Waals surface area contributed by atoms with Crippen molar-refractivity contribution in [3.05, 3.63) is 70.7 Å². The standard InChI is InChI=1S/C16H13BrN2OS/c17-13-8-4-5-9-14(13)18-16(21)19-15(20)11-10-12-6-2-1-3-7-12/h1-11H,(H2,18,19,20,21)/b11-10+. The maximum Gasteiger partial charge on any atom is 0.250 e. The van der Waals surface area contributed by atoms with E-state index >= 15 is 0 Å². The van der Waals surface area contributed by atoms with E-state index in [9.17, 15) is 4.79 Å². The summed E-state index contributed by atoms with van der Waals surface area (Å²) in [4.78, 5) is 11.8. The van der Waals surface area contributed by atoms with Gasteiger partial charge in [0.25, 0.3) is 0 Å². The van der Waals surface area contributed by atoms with Crippen molar-refractivity contribution in [1.82, 2.24) is 5.32 Å². The van der Waals surface area contributed by atoms with Crippen LogP contribution in [-0.4, -0.2) is 11.0 Å². The molecule has 0 heterocycles. The van der Waals surface area contributed by atoms with Gasteiger partial charge in [-0.15, -0.1) is 0 Å². The van der Waals surface area contributed by atoms with Crippen LogP contribution in [0.1, 0.15) is 5.56 Å². The molecule has 0 fully saturated rings. The second kappa shape index (κ2) is 7.71. The van der Waals surface area contributed by atoms with Crippen LogP contribution in [0.15, 0.2) is 65.1 Å². The highest BCUT2D eigenvalue weighted by molar-refractivity contribution is 9.10. The number of rotatable bonds is 3. The Balaban J connectivity index is 1.90. The fraction of sp³-hybridized carbons (Fsp3) is 0. The number of carbonyl (C=O) groups is 1. The van der Waals surface area contributed by atoms with Gasteiger partial charge in [0.2, 0.25) is 5.91 Å². The molecule has 0 saturated carbocycles. The number of amides is 1. The predicted molar refractivity (Wildman–Crippen MR) is 94.0 cm³/mol. The second-order valence-electron chi connectivity index (χ2n) is 4.17. The number of hydrogen-bond donors (Lipinski definition) is 2. The Morgan fingerprint density at radius 1 is 1.05 bits per heavy atom. The smallest absolute Gasteiger partial charge is 0.250 e. The topological polar surface area (TPSA) is 41.1 Å². The predicted octanol–water partition coefficient (Wildman–Crippen LogP) is 3.98. The first-order valence-electron chi connectivity index (χ1n) is 6.25. The van der Waals surface area contributed by atoms with Crippen molar-refractivity contribution in [1.29, 1.82) is 0 Å². The molecule has 0 saturated heterocycles. The largest absolute Gasteiger partial charge is 0.331 e. The average molecular weight is 361 g/mol. The SMILES string of the molecule is O=C(/C=C/c1ccccc1)NC(=S)Nc1ccccc1Br. The van der Waals surface area contributed by atoms with Crippen LogP contribution < -0.4 is 10.6 Å². The van der Waals surface area contributed by atoms with Gasteiger partial charge in [-0.1, -0.05) is 42.5 Å². The van der Waals surface area contributed by atoms with Crippen LogP contribution >= 0.6 is 28.1 Å². The van der Waals surface area contributed by atoms with E-state index in [4.69, 9.17) is 12.2 Å². The molecule has 5 heteroatoms. The zero-order valence-electron chi connectivity index (χ0n) is 11.0. The van der Waals surface area contributed by atoms with E-state index in [0.29, 0.717) is 0 Å². The molecule has 1 amide bonds. The van der Waals surface area contributed by atoms with Gasteiger partial charge < -0.3 is 5.32 Å². The molecular formula is C16H13BrN2OS. The quantitative estimate of drug-likeness (QED) is 0.642. The van der Waals surface area contributed by atoms with Crippen LogP contribution in [0, 0.1) is 0 Å². The van der Waals surface area contributed by atoms with E-state index in [1.807, 2.05) is 54.6 Å². The van der Waals surface area contributed by atoms with E-state index in [-0.39, 0.29) is 11.0 Å². The maximum absolute atomic E-state index is 11.8. The summed E-state index contributed by atoms with van der Waals surface area (Å²) >= 11 is 8.51. The Bertz CT molecular complexity index is 671. The van der Waals surface area contributed by atoms with Crippen LogP contribution in [0.3, 0.4) is 0 Å². The van der Waals surface area contributed by atoms with Gasteiger partial charge in [0.1, 0.15) is 0 Å². The lowest BCUT2D eigenvalue weighted by Crippen LogP contribution is -2.32. The van der Waals surface area contributed by atoms with E-state index in [1.165, 1.54) is 6.08 Å². The number of nitrogens with one attached hydrogen (secondary N) is 2. The minimum atomic E-state index is -0.275. The zero-order chi connectivity index (χ0) is 15.1. The minimum Gasteiger partial charge on any atom is -0.331 e. The van der Waals surface area contributed by atoms with Crippen LogP contribution in [0.25, 0.3) is 6.08 Å². The molecule has 0 bridgehead atoms. The highest BCUT2D eigenvalue weighted by Gasteiger charge is 2.03. The first kappa shape index (κ1) is 15.4. The van der Waals surface area contributed by atoms with Crippen molar-refractivity contribution < 1.29 is 4.79 Å². The van der Waals surface area contributed by atoms with Gasteiger partial charge in [0.15, 0.2) is 5.11 Å². The average Bonchev–Trinajstić information content (AvgIpc) is 2.48. The number of thiocarbonyl (C=S) groups is 1. The molecule has 21 heavy (non-hydrogen) atoms. The Morgan fingerprint density at radius 3 is 2.43 bits per heavy atom. The third kappa shape index (κ3) is 5.13. The van der Waals surface area contributed by atoms with Crippen molar-refractivity contribution in [2.45, 2.75) is 0 Å². The van der Waals surface area contributed by atoms with Gasteiger partial charge in [-0.2, -0.15) is 0 Å². The summed E-state index contributed by atoms with van der Waals surface area (Å²) in [5.41, 5.74) is 1.76. The zero-order valence-corrected chi connectivity index (χ0v) is 13.4. The Kier molecular flexibility index (Phi) is 5.66. The summed E-state index contributed by atoms with van der Waals surface area (Å²) in [6.45, 7) is 0. The highest BCUT2D eigenvalue weighted by Crippen LogP contribution is 2.20. The van der Waals surface area contributed by atoms with Crippen LogP contribution in [-0.2, 0) is 4.79 Å². The summed E-state index contributed by atoms with van der Waals surface area (Å²) in [7, 11) is 0. The summed E-state index contributed by atoms with van der Waals surface area (Å²) < 4.78 is 0.876. The molecular weight excluding hydrogens is 348 g/mol. The van der Waals surface area contributed by atoms with Crippen LogP contribution in [0.5, 0.6) is 0 Å². The lowest BCUT2D eigenvalue weighted by molar-refractivity contribution is -0.115. The fourth-order valence-corrected chi connectivity index (χ4v) is 2.20. The number of anilines is 1. The third-order valence-electron chi connectivity index (χ3n) is 2.59. The lowest BCUT2D eigenvalue weighted by atomic mass is 10.2. The monoisotopic (exact) mass is 360 g/mol. The number of para-hydroxylation sites is 1. The summed E-state index contributed by atoms with van der Waals surface area (Å²) in [6, 6.07) is 17.1. The molecule has 0 aliphatic rings.